The lowest BCUT2D eigenvalue weighted by molar-refractivity contribution is 0.0533. The van der Waals surface area contributed by atoms with Gasteiger partial charge in [-0.1, -0.05) is 0 Å². The lowest BCUT2D eigenvalue weighted by Gasteiger charge is -1.99. The zero-order valence-corrected chi connectivity index (χ0v) is 9.74. The van der Waals surface area contributed by atoms with Gasteiger partial charge in [0.05, 0.1) is 17.7 Å². The maximum Gasteiger partial charge on any atom is 0.350 e. The number of hydrogen-bond donors (Lipinski definition) is 1. The molecule has 0 atom stereocenters. The predicted octanol–water partition coefficient (Wildman–Crippen LogP) is 2.94. The van der Waals surface area contributed by atoms with Gasteiger partial charge >= 0.3 is 5.97 Å². The summed E-state index contributed by atoms with van der Waals surface area (Å²) in [5.74, 6) is -2.10. The van der Waals surface area contributed by atoms with Crippen LogP contribution in [-0.4, -0.2) is 12.6 Å². The topological polar surface area (TPSA) is 52.3 Å². The van der Waals surface area contributed by atoms with E-state index in [0.717, 1.165) is 23.5 Å². The highest BCUT2D eigenvalue weighted by atomic mass is 32.1. The number of ether oxygens (including phenoxy) is 1. The molecule has 0 unspecified atom stereocenters. The lowest BCUT2D eigenvalue weighted by Crippen LogP contribution is -2.04. The predicted molar refractivity (Wildman–Crippen MR) is 62.1 cm³/mol. The van der Waals surface area contributed by atoms with Gasteiger partial charge in [-0.05, 0) is 13.0 Å². The Hall–Kier alpha value is -1.69. The maximum atomic E-state index is 13.5. The van der Waals surface area contributed by atoms with Crippen LogP contribution in [0.15, 0.2) is 12.1 Å². The number of rotatable bonds is 2. The molecular formula is C11H9F2NO2S. The number of carbonyl (C=O) groups excluding carboxylic acids is 1. The van der Waals surface area contributed by atoms with E-state index in [1.165, 1.54) is 0 Å². The van der Waals surface area contributed by atoms with Gasteiger partial charge < -0.3 is 10.5 Å². The number of esters is 1. The van der Waals surface area contributed by atoms with Gasteiger partial charge in [-0.25, -0.2) is 13.6 Å². The Morgan fingerprint density at radius 1 is 1.47 bits per heavy atom. The van der Waals surface area contributed by atoms with Gasteiger partial charge in [0, 0.05) is 10.8 Å². The first kappa shape index (κ1) is 11.8. The van der Waals surface area contributed by atoms with Gasteiger partial charge in [0.25, 0.3) is 0 Å². The molecular weight excluding hydrogens is 248 g/mol. The Morgan fingerprint density at radius 2 is 2.18 bits per heavy atom. The van der Waals surface area contributed by atoms with E-state index in [0.29, 0.717) is 4.70 Å². The number of nitrogen functional groups attached to an aromatic ring is 1. The summed E-state index contributed by atoms with van der Waals surface area (Å²) in [6.45, 7) is 1.85. The van der Waals surface area contributed by atoms with Gasteiger partial charge in [0.1, 0.15) is 16.5 Å². The number of benzene rings is 1. The third kappa shape index (κ3) is 1.95. The molecule has 0 saturated carbocycles. The van der Waals surface area contributed by atoms with Crippen molar-refractivity contribution in [3.8, 4) is 0 Å². The Labute approximate surface area is 99.8 Å². The van der Waals surface area contributed by atoms with Crippen LogP contribution in [0, 0.1) is 11.6 Å². The highest BCUT2D eigenvalue weighted by Gasteiger charge is 2.20. The van der Waals surface area contributed by atoms with Gasteiger partial charge in [-0.15, -0.1) is 11.3 Å². The summed E-state index contributed by atoms with van der Waals surface area (Å²) in [6, 6.07) is 1.88. The van der Waals surface area contributed by atoms with Crippen LogP contribution in [0.5, 0.6) is 0 Å². The lowest BCUT2D eigenvalue weighted by atomic mass is 10.2. The molecule has 90 valence electrons. The van der Waals surface area contributed by atoms with Crippen molar-refractivity contribution in [3.05, 3.63) is 28.6 Å². The molecule has 0 bridgehead atoms. The quantitative estimate of drug-likeness (QED) is 0.841. The second-order valence-electron chi connectivity index (χ2n) is 3.33. The molecule has 2 rings (SSSR count). The Morgan fingerprint density at radius 3 is 2.82 bits per heavy atom. The number of halogens is 2. The van der Waals surface area contributed by atoms with Crippen molar-refractivity contribution < 1.29 is 18.3 Å². The first-order chi connectivity index (χ1) is 8.04. The van der Waals surface area contributed by atoms with Crippen molar-refractivity contribution >= 4 is 33.1 Å². The average Bonchev–Trinajstić information content (AvgIpc) is 2.56. The summed E-state index contributed by atoms with van der Waals surface area (Å²) in [6.07, 6.45) is 0. The van der Waals surface area contributed by atoms with Crippen LogP contribution >= 0.6 is 11.3 Å². The molecule has 1 aromatic carbocycles. The van der Waals surface area contributed by atoms with E-state index in [-0.39, 0.29) is 22.6 Å². The van der Waals surface area contributed by atoms with Crippen molar-refractivity contribution in [2.24, 2.45) is 0 Å². The van der Waals surface area contributed by atoms with E-state index < -0.39 is 17.6 Å². The number of carbonyl (C=O) groups is 1. The fraction of sp³-hybridized carbons (Fsp3) is 0.182. The maximum absolute atomic E-state index is 13.5. The molecule has 17 heavy (non-hydrogen) atoms. The standard InChI is InChI=1S/C11H9F2NO2S/c1-2-16-11(15)10-9(14)8-6(13)3-5(12)4-7(8)17-10/h3-4H,2,14H2,1H3. The number of thiophene rings is 1. The molecule has 0 amide bonds. The summed E-state index contributed by atoms with van der Waals surface area (Å²) in [7, 11) is 0. The minimum atomic E-state index is -0.774. The van der Waals surface area contributed by atoms with Crippen LogP contribution in [0.3, 0.4) is 0 Å². The van der Waals surface area contributed by atoms with E-state index in [2.05, 4.69) is 0 Å². The smallest absolute Gasteiger partial charge is 0.350 e. The molecule has 0 radical (unpaired) electrons. The van der Waals surface area contributed by atoms with Gasteiger partial charge in [-0.2, -0.15) is 0 Å². The van der Waals surface area contributed by atoms with Crippen LogP contribution in [-0.2, 0) is 4.74 Å². The Bertz CT molecular complexity index is 595. The number of anilines is 1. The van der Waals surface area contributed by atoms with E-state index in [1.54, 1.807) is 6.92 Å². The zero-order chi connectivity index (χ0) is 12.6. The first-order valence-corrected chi connectivity index (χ1v) is 5.70. The monoisotopic (exact) mass is 257 g/mol. The minimum Gasteiger partial charge on any atom is -0.462 e. The minimum absolute atomic E-state index is 0.000880. The third-order valence-corrected chi connectivity index (χ3v) is 3.34. The second kappa shape index (κ2) is 4.29. The normalized spacial score (nSPS) is 10.8. The van der Waals surface area contributed by atoms with Crippen LogP contribution < -0.4 is 5.73 Å². The van der Waals surface area contributed by atoms with Gasteiger partial charge in [0.15, 0.2) is 0 Å². The number of nitrogens with two attached hydrogens (primary N) is 1. The fourth-order valence-electron chi connectivity index (χ4n) is 1.52. The molecule has 0 spiro atoms. The first-order valence-electron chi connectivity index (χ1n) is 4.88. The molecule has 2 N–H and O–H groups in total. The van der Waals surface area contributed by atoms with Gasteiger partial charge in [0.2, 0.25) is 0 Å². The van der Waals surface area contributed by atoms with Crippen LogP contribution in [0.2, 0.25) is 0 Å². The van der Waals surface area contributed by atoms with Gasteiger partial charge in [-0.3, -0.25) is 0 Å². The largest absolute Gasteiger partial charge is 0.462 e. The summed E-state index contributed by atoms with van der Waals surface area (Å²) >= 11 is 0.921. The van der Waals surface area contributed by atoms with E-state index in [4.69, 9.17) is 10.5 Å². The van der Waals surface area contributed by atoms with E-state index in [1.807, 2.05) is 0 Å². The van der Waals surface area contributed by atoms with Crippen molar-refractivity contribution in [2.45, 2.75) is 6.92 Å². The molecule has 0 saturated heterocycles. The molecule has 0 aliphatic heterocycles. The van der Waals surface area contributed by atoms with Crippen LogP contribution in [0.4, 0.5) is 14.5 Å². The zero-order valence-electron chi connectivity index (χ0n) is 8.92. The summed E-state index contributed by atoms with van der Waals surface area (Å²) in [5, 5.41) is 0.0689. The molecule has 0 aliphatic carbocycles. The SMILES string of the molecule is CCOC(=O)c1sc2cc(F)cc(F)c2c1N. The van der Waals surface area contributed by atoms with E-state index >= 15 is 0 Å². The number of fused-ring (bicyclic) bond motifs is 1. The fourth-order valence-corrected chi connectivity index (χ4v) is 2.57. The summed E-state index contributed by atoms with van der Waals surface area (Å²) < 4.78 is 31.6. The molecule has 3 nitrogen and oxygen atoms in total. The molecule has 0 aliphatic rings. The highest BCUT2D eigenvalue weighted by Crippen LogP contribution is 2.36. The van der Waals surface area contributed by atoms with Crippen molar-refractivity contribution in [1.82, 2.24) is 0 Å². The molecule has 1 aromatic heterocycles. The summed E-state index contributed by atoms with van der Waals surface area (Å²) in [4.78, 5) is 11.6. The second-order valence-corrected chi connectivity index (χ2v) is 4.38. The average molecular weight is 257 g/mol. The summed E-state index contributed by atoms with van der Waals surface area (Å²) in [5.41, 5.74) is 5.67. The van der Waals surface area contributed by atoms with E-state index in [9.17, 15) is 13.6 Å². The molecule has 1 heterocycles. The van der Waals surface area contributed by atoms with Crippen molar-refractivity contribution in [1.29, 1.82) is 0 Å². The molecule has 0 fully saturated rings. The molecule has 2 aromatic rings. The van der Waals surface area contributed by atoms with Crippen molar-refractivity contribution in [2.75, 3.05) is 12.3 Å². The third-order valence-electron chi connectivity index (χ3n) is 2.21. The van der Waals surface area contributed by atoms with Crippen molar-refractivity contribution in [3.63, 3.8) is 0 Å². The Balaban J connectivity index is 2.64. The highest BCUT2D eigenvalue weighted by molar-refractivity contribution is 7.21. The van der Waals surface area contributed by atoms with Crippen LogP contribution in [0.25, 0.3) is 10.1 Å². The molecule has 6 heteroatoms. The Kier molecular flexibility index (Phi) is 2.97. The number of hydrogen-bond acceptors (Lipinski definition) is 4. The van der Waals surface area contributed by atoms with Crippen LogP contribution in [0.1, 0.15) is 16.6 Å².